The minimum Gasteiger partial charge on any atom is -0.456 e. The van der Waals surface area contributed by atoms with Crippen molar-refractivity contribution >= 4 is 65.3 Å². The zero-order valence-corrected chi connectivity index (χ0v) is 31.0. The summed E-state index contributed by atoms with van der Waals surface area (Å²) in [6, 6.07) is 64.2. The Balaban J connectivity index is 1.05. The molecule has 0 amide bonds. The number of benzene rings is 9. The van der Waals surface area contributed by atoms with E-state index in [-0.39, 0.29) is 0 Å². The Labute approximate surface area is 332 Å². The molecule has 3 aromatic heterocycles. The van der Waals surface area contributed by atoms with Crippen molar-refractivity contribution in [3.05, 3.63) is 182 Å². The highest BCUT2D eigenvalue weighted by Gasteiger charge is 2.26. The molecular formula is C53H30N4O. The van der Waals surface area contributed by atoms with Gasteiger partial charge < -0.3 is 8.98 Å². The van der Waals surface area contributed by atoms with E-state index in [1.807, 2.05) is 24.3 Å². The summed E-state index contributed by atoms with van der Waals surface area (Å²) in [4.78, 5) is 15.4. The molecule has 0 spiro atoms. The van der Waals surface area contributed by atoms with E-state index < -0.39 is 0 Å². The molecule has 0 bridgehead atoms. The highest BCUT2D eigenvalue weighted by atomic mass is 16.3. The van der Waals surface area contributed by atoms with Crippen LogP contribution in [-0.4, -0.2) is 19.5 Å². The van der Waals surface area contributed by atoms with E-state index in [4.69, 9.17) is 19.4 Å². The van der Waals surface area contributed by atoms with Gasteiger partial charge in [-0.3, -0.25) is 0 Å². The van der Waals surface area contributed by atoms with Crippen molar-refractivity contribution in [2.75, 3.05) is 0 Å². The number of hydrogen-bond donors (Lipinski definition) is 0. The molecular weight excluding hydrogens is 709 g/mol. The third kappa shape index (κ3) is 4.38. The molecule has 13 rings (SSSR count). The zero-order valence-electron chi connectivity index (χ0n) is 31.0. The highest BCUT2D eigenvalue weighted by molar-refractivity contribution is 6.38. The van der Waals surface area contributed by atoms with Crippen LogP contribution in [0.5, 0.6) is 0 Å². The number of fused-ring (bicyclic) bond motifs is 2. The fourth-order valence-electron chi connectivity index (χ4n) is 9.45. The lowest BCUT2D eigenvalue weighted by molar-refractivity contribution is 0.669. The van der Waals surface area contributed by atoms with Crippen molar-refractivity contribution < 1.29 is 4.42 Å². The van der Waals surface area contributed by atoms with E-state index in [0.717, 1.165) is 55.4 Å². The predicted octanol–water partition coefficient (Wildman–Crippen LogP) is 13.8. The van der Waals surface area contributed by atoms with Crippen LogP contribution >= 0.6 is 0 Å². The number of hydrogen-bond acceptors (Lipinski definition) is 4. The normalized spacial score (nSPS) is 12.1. The van der Waals surface area contributed by atoms with Crippen molar-refractivity contribution in [2.24, 2.45) is 0 Å². The summed E-state index contributed by atoms with van der Waals surface area (Å²) in [6.07, 6.45) is 0. The largest absolute Gasteiger partial charge is 0.456 e. The first-order valence-electron chi connectivity index (χ1n) is 19.6. The second-order valence-corrected chi connectivity index (χ2v) is 15.1. The molecule has 0 aliphatic heterocycles. The number of rotatable bonds is 5. The Hall–Kier alpha value is -7.89. The van der Waals surface area contributed by atoms with Gasteiger partial charge in [-0.05, 0) is 63.4 Å². The van der Waals surface area contributed by atoms with Gasteiger partial charge in [-0.2, -0.15) is 0 Å². The second kappa shape index (κ2) is 11.8. The first-order valence-corrected chi connectivity index (χ1v) is 19.6. The maximum atomic E-state index is 6.49. The Morgan fingerprint density at radius 2 is 0.897 bits per heavy atom. The lowest BCUT2D eigenvalue weighted by Crippen LogP contribution is -2.01. The highest BCUT2D eigenvalue weighted by Crippen LogP contribution is 2.51. The lowest BCUT2D eigenvalue weighted by atomic mass is 9.98. The van der Waals surface area contributed by atoms with Crippen LogP contribution in [0.25, 0.3) is 127 Å². The molecule has 3 heterocycles. The molecule has 0 fully saturated rings. The molecule has 1 aliphatic carbocycles. The van der Waals surface area contributed by atoms with Crippen LogP contribution in [0.2, 0.25) is 0 Å². The van der Waals surface area contributed by atoms with Crippen molar-refractivity contribution in [1.82, 2.24) is 19.5 Å². The van der Waals surface area contributed by atoms with Gasteiger partial charge in [0.05, 0.1) is 16.7 Å². The van der Waals surface area contributed by atoms with E-state index >= 15 is 0 Å². The van der Waals surface area contributed by atoms with Crippen molar-refractivity contribution in [3.8, 4) is 62.1 Å². The fraction of sp³-hybridized carbons (Fsp3) is 0. The summed E-state index contributed by atoms with van der Waals surface area (Å²) >= 11 is 0. The molecule has 0 unspecified atom stereocenters. The summed E-state index contributed by atoms with van der Waals surface area (Å²) in [6.45, 7) is 0. The molecule has 0 atom stereocenters. The van der Waals surface area contributed by atoms with Gasteiger partial charge in [0.1, 0.15) is 11.2 Å². The molecule has 5 nitrogen and oxygen atoms in total. The third-order valence-corrected chi connectivity index (χ3v) is 12.0. The van der Waals surface area contributed by atoms with Gasteiger partial charge >= 0.3 is 0 Å². The molecule has 0 N–H and O–H groups in total. The minimum absolute atomic E-state index is 0.631. The van der Waals surface area contributed by atoms with Gasteiger partial charge in [0.25, 0.3) is 0 Å². The van der Waals surface area contributed by atoms with Crippen LogP contribution in [0.1, 0.15) is 0 Å². The SMILES string of the molecule is c1ccc(-c2ccc(-c3nc(-c4ccccc4)nc(-c4cccc5c(-n6c7cccc8c7c7c9c(ccc%10oc%11cccc-8c%11c%109)ccc76)cccc45)n3)cc2)cc1. The average Bonchev–Trinajstić information content (AvgIpc) is 3.81. The van der Waals surface area contributed by atoms with Gasteiger partial charge in [0.15, 0.2) is 17.5 Å². The summed E-state index contributed by atoms with van der Waals surface area (Å²) < 4.78 is 8.94. The van der Waals surface area contributed by atoms with Crippen LogP contribution in [0, 0.1) is 0 Å². The van der Waals surface area contributed by atoms with E-state index in [1.54, 1.807) is 0 Å². The maximum absolute atomic E-state index is 6.49. The molecule has 1 aliphatic rings. The summed E-state index contributed by atoms with van der Waals surface area (Å²) in [7, 11) is 0. The van der Waals surface area contributed by atoms with Crippen molar-refractivity contribution in [2.45, 2.75) is 0 Å². The van der Waals surface area contributed by atoms with Gasteiger partial charge in [-0.1, -0.05) is 152 Å². The molecule has 268 valence electrons. The maximum Gasteiger partial charge on any atom is 0.164 e. The fourth-order valence-corrected chi connectivity index (χ4v) is 9.45. The third-order valence-electron chi connectivity index (χ3n) is 12.0. The second-order valence-electron chi connectivity index (χ2n) is 15.1. The van der Waals surface area contributed by atoms with Gasteiger partial charge in [0.2, 0.25) is 0 Å². The number of nitrogens with zero attached hydrogens (tertiary/aromatic N) is 4. The molecule has 58 heavy (non-hydrogen) atoms. The van der Waals surface area contributed by atoms with Gasteiger partial charge in [-0.15, -0.1) is 0 Å². The topological polar surface area (TPSA) is 56.7 Å². The van der Waals surface area contributed by atoms with Gasteiger partial charge in [-0.25, -0.2) is 15.0 Å². The number of aromatic nitrogens is 4. The molecule has 12 aromatic rings. The minimum atomic E-state index is 0.631. The first kappa shape index (κ1) is 31.3. The number of furan rings is 1. The van der Waals surface area contributed by atoms with Crippen molar-refractivity contribution in [1.29, 1.82) is 0 Å². The van der Waals surface area contributed by atoms with E-state index in [1.165, 1.54) is 54.5 Å². The monoisotopic (exact) mass is 738 g/mol. The Morgan fingerprint density at radius 1 is 0.328 bits per heavy atom. The smallest absolute Gasteiger partial charge is 0.164 e. The Bertz CT molecular complexity index is 3660. The molecule has 0 saturated carbocycles. The summed E-state index contributed by atoms with van der Waals surface area (Å²) in [5, 5.41) is 9.55. The standard InChI is InChI=1S/C53H30N4O/c1-3-11-31(12-4-1)32-23-25-35(26-24-32)52-54-51(34-13-5-2-6-14-34)55-53(56-52)40-19-7-16-37-36(40)15-8-20-41(37)57-42-21-9-17-38-39-18-10-22-44-48(39)50-45(58-44)30-28-33-27-29-43(57)49(46(33)50)47(38)42/h1-30H. The van der Waals surface area contributed by atoms with Crippen molar-refractivity contribution in [3.63, 3.8) is 0 Å². The molecule has 9 aromatic carbocycles. The molecule has 0 saturated heterocycles. The lowest BCUT2D eigenvalue weighted by Gasteiger charge is -2.15. The first-order chi connectivity index (χ1) is 28.8. The van der Waals surface area contributed by atoms with Crippen LogP contribution in [0.3, 0.4) is 0 Å². The summed E-state index contributed by atoms with van der Waals surface area (Å²) in [5.74, 6) is 1.90. The van der Waals surface area contributed by atoms with Crippen LogP contribution < -0.4 is 0 Å². The van der Waals surface area contributed by atoms with E-state index in [2.05, 4.69) is 162 Å². The van der Waals surface area contributed by atoms with Gasteiger partial charge in [0, 0.05) is 49.0 Å². The van der Waals surface area contributed by atoms with E-state index in [9.17, 15) is 0 Å². The van der Waals surface area contributed by atoms with Crippen LogP contribution in [0.15, 0.2) is 186 Å². The average molecular weight is 739 g/mol. The summed E-state index contributed by atoms with van der Waals surface area (Å²) in [5.41, 5.74) is 12.8. The van der Waals surface area contributed by atoms with E-state index in [0.29, 0.717) is 17.5 Å². The zero-order chi connectivity index (χ0) is 37.9. The Morgan fingerprint density at radius 3 is 1.71 bits per heavy atom. The van der Waals surface area contributed by atoms with Crippen LogP contribution in [0.4, 0.5) is 0 Å². The Kier molecular flexibility index (Phi) is 6.38. The quantitative estimate of drug-likeness (QED) is 0.176. The predicted molar refractivity (Wildman–Crippen MR) is 237 cm³/mol. The van der Waals surface area contributed by atoms with Crippen LogP contribution in [-0.2, 0) is 0 Å². The molecule has 5 heteroatoms. The molecule has 0 radical (unpaired) electrons.